The van der Waals surface area contributed by atoms with Gasteiger partial charge in [-0.05, 0) is 68.2 Å². The predicted molar refractivity (Wildman–Crippen MR) is 112 cm³/mol. The Kier molecular flexibility index (Phi) is 6.12. The minimum absolute atomic E-state index is 0.274. The van der Waals surface area contributed by atoms with Crippen molar-refractivity contribution in [1.29, 1.82) is 0 Å². The zero-order valence-corrected chi connectivity index (χ0v) is 16.3. The van der Waals surface area contributed by atoms with Gasteiger partial charge in [-0.3, -0.25) is 10.1 Å². The van der Waals surface area contributed by atoms with Crippen molar-refractivity contribution in [3.63, 3.8) is 0 Å². The Morgan fingerprint density at radius 2 is 1.85 bits per heavy atom. The van der Waals surface area contributed by atoms with Crippen LogP contribution in [0.3, 0.4) is 0 Å². The number of nitrogens with zero attached hydrogens (tertiary/aromatic N) is 1. The summed E-state index contributed by atoms with van der Waals surface area (Å²) in [7, 11) is 0. The summed E-state index contributed by atoms with van der Waals surface area (Å²) < 4.78 is 0. The highest BCUT2D eigenvalue weighted by Gasteiger charge is 2.15. The lowest BCUT2D eigenvalue weighted by atomic mass is 10.1. The molecule has 1 heterocycles. The van der Waals surface area contributed by atoms with Gasteiger partial charge in [0.05, 0.1) is 11.4 Å². The molecule has 2 aromatic carbocycles. The number of hydrogen-bond acceptors (Lipinski definition) is 3. The normalized spacial score (nSPS) is 14.0. The summed E-state index contributed by atoms with van der Waals surface area (Å²) in [5.74, 6) is -0.278. The van der Waals surface area contributed by atoms with Gasteiger partial charge >= 0.3 is 0 Å². The van der Waals surface area contributed by atoms with Crippen LogP contribution in [0.15, 0.2) is 42.5 Å². The van der Waals surface area contributed by atoms with Crippen molar-refractivity contribution in [2.75, 3.05) is 23.3 Å². The molecule has 0 aromatic heterocycles. The Bertz CT molecular complexity index is 818. The summed E-state index contributed by atoms with van der Waals surface area (Å²) in [5, 5.41) is 6.72. The molecule has 6 heteroatoms. The maximum atomic E-state index is 12.4. The van der Waals surface area contributed by atoms with Crippen LogP contribution in [0.25, 0.3) is 0 Å². The number of benzene rings is 2. The number of thiocarbonyl (C=S) groups is 1. The molecule has 0 radical (unpaired) electrons. The third kappa shape index (κ3) is 4.54. The molecular weight excluding hydrogens is 366 g/mol. The maximum Gasteiger partial charge on any atom is 0.257 e. The van der Waals surface area contributed by atoms with Crippen LogP contribution in [0.2, 0.25) is 5.02 Å². The van der Waals surface area contributed by atoms with Gasteiger partial charge in [0.2, 0.25) is 0 Å². The van der Waals surface area contributed by atoms with Crippen molar-refractivity contribution in [3.05, 3.63) is 58.6 Å². The molecule has 0 bridgehead atoms. The fraction of sp³-hybridized carbons (Fsp3) is 0.300. The Morgan fingerprint density at radius 3 is 2.58 bits per heavy atom. The average molecular weight is 388 g/mol. The van der Waals surface area contributed by atoms with Gasteiger partial charge in [-0.2, -0.15) is 0 Å². The lowest BCUT2D eigenvalue weighted by Gasteiger charge is -2.30. The zero-order chi connectivity index (χ0) is 18.5. The summed E-state index contributed by atoms with van der Waals surface area (Å²) in [4.78, 5) is 14.7. The van der Waals surface area contributed by atoms with Crippen LogP contribution in [0.4, 0.5) is 11.4 Å². The van der Waals surface area contributed by atoms with E-state index in [4.69, 9.17) is 23.8 Å². The number of nitrogens with one attached hydrogen (secondary N) is 2. The first-order valence-electron chi connectivity index (χ1n) is 8.77. The van der Waals surface area contributed by atoms with Crippen LogP contribution < -0.4 is 15.5 Å². The van der Waals surface area contributed by atoms with E-state index in [9.17, 15) is 4.79 Å². The van der Waals surface area contributed by atoms with E-state index in [0.717, 1.165) is 30.0 Å². The van der Waals surface area contributed by atoms with Crippen molar-refractivity contribution in [3.8, 4) is 0 Å². The van der Waals surface area contributed by atoms with Crippen LogP contribution in [0.5, 0.6) is 0 Å². The minimum atomic E-state index is -0.278. The predicted octanol–water partition coefficient (Wildman–Crippen LogP) is 4.77. The van der Waals surface area contributed by atoms with E-state index in [-0.39, 0.29) is 11.0 Å². The molecule has 1 saturated heterocycles. The smallest absolute Gasteiger partial charge is 0.257 e. The number of halogens is 1. The first kappa shape index (κ1) is 18.7. The minimum Gasteiger partial charge on any atom is -0.370 e. The topological polar surface area (TPSA) is 44.4 Å². The van der Waals surface area contributed by atoms with E-state index in [2.05, 4.69) is 21.6 Å². The molecule has 0 unspecified atom stereocenters. The first-order valence-corrected chi connectivity index (χ1v) is 9.55. The van der Waals surface area contributed by atoms with Gasteiger partial charge in [0.15, 0.2) is 5.11 Å². The largest absolute Gasteiger partial charge is 0.370 e. The standard InChI is InChI=1S/C20H22ClN3OS/c1-14-9-10-15(13-16(14)21)19(25)23-20(26)22-17-7-3-4-8-18(17)24-11-5-2-6-12-24/h3-4,7-10,13H,2,5-6,11-12H2,1H3,(H2,22,23,25,26). The van der Waals surface area contributed by atoms with Gasteiger partial charge in [0.25, 0.3) is 5.91 Å². The van der Waals surface area contributed by atoms with Crippen LogP contribution in [0, 0.1) is 6.92 Å². The molecule has 1 fully saturated rings. The number of para-hydroxylation sites is 2. The second-order valence-electron chi connectivity index (χ2n) is 6.44. The molecule has 3 rings (SSSR count). The average Bonchev–Trinajstić information content (AvgIpc) is 2.65. The maximum absolute atomic E-state index is 12.4. The van der Waals surface area contributed by atoms with Crippen LogP contribution in [-0.4, -0.2) is 24.1 Å². The fourth-order valence-corrected chi connectivity index (χ4v) is 3.44. The molecule has 1 aliphatic heterocycles. The molecule has 0 aliphatic carbocycles. The molecule has 0 saturated carbocycles. The van der Waals surface area contributed by atoms with Crippen LogP contribution in [-0.2, 0) is 0 Å². The second kappa shape index (κ2) is 8.52. The second-order valence-corrected chi connectivity index (χ2v) is 7.25. The monoisotopic (exact) mass is 387 g/mol. The molecule has 2 aromatic rings. The molecular formula is C20H22ClN3OS. The third-order valence-electron chi connectivity index (χ3n) is 4.51. The molecule has 1 amide bonds. The first-order chi connectivity index (χ1) is 12.5. The van der Waals surface area contributed by atoms with Crippen molar-refractivity contribution in [2.24, 2.45) is 0 Å². The van der Waals surface area contributed by atoms with E-state index < -0.39 is 0 Å². The van der Waals surface area contributed by atoms with E-state index >= 15 is 0 Å². The number of piperidine rings is 1. The summed E-state index contributed by atoms with van der Waals surface area (Å²) in [6.45, 7) is 3.98. The SMILES string of the molecule is Cc1ccc(C(=O)NC(=S)Nc2ccccc2N2CCCCC2)cc1Cl. The van der Waals surface area contributed by atoms with Gasteiger partial charge in [-0.15, -0.1) is 0 Å². The van der Waals surface area contributed by atoms with Gasteiger partial charge in [0, 0.05) is 23.7 Å². The van der Waals surface area contributed by atoms with Crippen molar-refractivity contribution in [1.82, 2.24) is 5.32 Å². The summed E-state index contributed by atoms with van der Waals surface area (Å²) in [5.41, 5.74) is 3.43. The molecule has 0 spiro atoms. The Hall–Kier alpha value is -2.11. The van der Waals surface area contributed by atoms with E-state index in [0.29, 0.717) is 10.6 Å². The highest BCUT2D eigenvalue weighted by atomic mass is 35.5. The van der Waals surface area contributed by atoms with Crippen LogP contribution >= 0.6 is 23.8 Å². The molecule has 1 aliphatic rings. The number of hydrogen-bond donors (Lipinski definition) is 2. The zero-order valence-electron chi connectivity index (χ0n) is 14.7. The van der Waals surface area contributed by atoms with Gasteiger partial charge in [0.1, 0.15) is 0 Å². The van der Waals surface area contributed by atoms with Crippen molar-refractivity contribution < 1.29 is 4.79 Å². The van der Waals surface area contributed by atoms with Crippen molar-refractivity contribution >= 4 is 46.2 Å². The number of rotatable bonds is 3. The molecule has 136 valence electrons. The Balaban J connectivity index is 1.68. The molecule has 26 heavy (non-hydrogen) atoms. The summed E-state index contributed by atoms with van der Waals surface area (Å²) in [6, 6.07) is 13.2. The van der Waals surface area contributed by atoms with Crippen molar-refractivity contribution in [2.45, 2.75) is 26.2 Å². The van der Waals surface area contributed by atoms with Gasteiger partial charge in [-0.1, -0.05) is 29.8 Å². The Morgan fingerprint density at radius 1 is 1.12 bits per heavy atom. The van der Waals surface area contributed by atoms with E-state index in [1.807, 2.05) is 31.2 Å². The molecule has 4 nitrogen and oxygen atoms in total. The number of aryl methyl sites for hydroxylation is 1. The lowest BCUT2D eigenvalue weighted by Crippen LogP contribution is -2.35. The quantitative estimate of drug-likeness (QED) is 0.745. The van der Waals surface area contributed by atoms with Gasteiger partial charge < -0.3 is 10.2 Å². The number of amides is 1. The van der Waals surface area contributed by atoms with E-state index in [1.165, 1.54) is 19.3 Å². The molecule has 2 N–H and O–H groups in total. The summed E-state index contributed by atoms with van der Waals surface area (Å²) >= 11 is 11.4. The number of carbonyl (C=O) groups is 1. The highest BCUT2D eigenvalue weighted by molar-refractivity contribution is 7.80. The van der Waals surface area contributed by atoms with Gasteiger partial charge in [-0.25, -0.2) is 0 Å². The molecule has 0 atom stereocenters. The van der Waals surface area contributed by atoms with Crippen LogP contribution in [0.1, 0.15) is 35.2 Å². The van der Waals surface area contributed by atoms with E-state index in [1.54, 1.807) is 12.1 Å². The number of anilines is 2. The number of carbonyl (C=O) groups excluding carboxylic acids is 1. The fourth-order valence-electron chi connectivity index (χ4n) is 3.05. The Labute approximate surface area is 164 Å². The third-order valence-corrected chi connectivity index (χ3v) is 5.12. The summed E-state index contributed by atoms with van der Waals surface area (Å²) in [6.07, 6.45) is 3.67. The lowest BCUT2D eigenvalue weighted by molar-refractivity contribution is 0.0977. The highest BCUT2D eigenvalue weighted by Crippen LogP contribution is 2.28.